The number of carbonyl (C=O) groups excluding carboxylic acids is 1. The Morgan fingerprint density at radius 2 is 2.00 bits per heavy atom. The van der Waals surface area contributed by atoms with Crippen LogP contribution in [0.3, 0.4) is 0 Å². The van der Waals surface area contributed by atoms with Crippen molar-refractivity contribution >= 4 is 21.4 Å². The summed E-state index contributed by atoms with van der Waals surface area (Å²) in [4.78, 5) is 11.4. The van der Waals surface area contributed by atoms with Crippen LogP contribution in [-0.2, 0) is 14.6 Å². The number of benzene rings is 1. The van der Waals surface area contributed by atoms with Crippen LogP contribution in [0.15, 0.2) is 18.2 Å². The predicted molar refractivity (Wildman–Crippen MR) is 63.9 cm³/mol. The number of hydrogen-bond donors (Lipinski definition) is 1. The SMILES string of the molecule is CS(=O)(=O)CCCC(=O)Nc1cc(F)ccc1F. The minimum absolute atomic E-state index is 0.0664. The van der Waals surface area contributed by atoms with Crippen LogP contribution in [0.2, 0.25) is 0 Å². The Hall–Kier alpha value is -1.50. The summed E-state index contributed by atoms with van der Waals surface area (Å²) in [7, 11) is -3.12. The second kappa shape index (κ2) is 5.90. The van der Waals surface area contributed by atoms with Crippen LogP contribution in [0, 0.1) is 11.6 Å². The summed E-state index contributed by atoms with van der Waals surface area (Å²) in [6, 6.07) is 2.71. The van der Waals surface area contributed by atoms with E-state index in [1.54, 1.807) is 0 Å². The van der Waals surface area contributed by atoms with E-state index in [4.69, 9.17) is 0 Å². The maximum atomic E-state index is 13.2. The van der Waals surface area contributed by atoms with Crippen molar-refractivity contribution in [2.24, 2.45) is 0 Å². The number of amides is 1. The first-order chi connectivity index (χ1) is 8.28. The van der Waals surface area contributed by atoms with E-state index >= 15 is 0 Å². The van der Waals surface area contributed by atoms with Crippen molar-refractivity contribution in [3.05, 3.63) is 29.8 Å². The molecule has 4 nitrogen and oxygen atoms in total. The van der Waals surface area contributed by atoms with Gasteiger partial charge in [-0.1, -0.05) is 0 Å². The molecule has 0 saturated heterocycles. The molecule has 1 aromatic carbocycles. The van der Waals surface area contributed by atoms with E-state index in [0.29, 0.717) is 0 Å². The molecule has 0 fully saturated rings. The summed E-state index contributed by atoms with van der Waals surface area (Å²) in [5, 5.41) is 2.19. The zero-order chi connectivity index (χ0) is 13.8. The molecule has 0 aliphatic carbocycles. The number of halogens is 2. The van der Waals surface area contributed by atoms with Gasteiger partial charge in [-0.15, -0.1) is 0 Å². The fraction of sp³-hybridized carbons (Fsp3) is 0.364. The topological polar surface area (TPSA) is 63.2 Å². The van der Waals surface area contributed by atoms with Crippen molar-refractivity contribution in [2.45, 2.75) is 12.8 Å². The van der Waals surface area contributed by atoms with Crippen molar-refractivity contribution in [2.75, 3.05) is 17.3 Å². The van der Waals surface area contributed by atoms with Crippen LogP contribution in [-0.4, -0.2) is 26.3 Å². The van der Waals surface area contributed by atoms with Gasteiger partial charge in [0.05, 0.1) is 11.4 Å². The number of anilines is 1. The molecule has 0 aromatic heterocycles. The first-order valence-corrected chi connectivity index (χ1v) is 7.26. The smallest absolute Gasteiger partial charge is 0.224 e. The van der Waals surface area contributed by atoms with Crippen molar-refractivity contribution in [1.82, 2.24) is 0 Å². The number of hydrogen-bond acceptors (Lipinski definition) is 3. The maximum Gasteiger partial charge on any atom is 0.224 e. The Morgan fingerprint density at radius 3 is 2.61 bits per heavy atom. The largest absolute Gasteiger partial charge is 0.324 e. The van der Waals surface area contributed by atoms with E-state index in [2.05, 4.69) is 5.32 Å². The van der Waals surface area contributed by atoms with Gasteiger partial charge in [0.2, 0.25) is 5.91 Å². The van der Waals surface area contributed by atoms with Crippen LogP contribution in [0.4, 0.5) is 14.5 Å². The summed E-state index contributed by atoms with van der Waals surface area (Å²) < 4.78 is 47.6. The molecule has 1 rings (SSSR count). The second-order valence-electron chi connectivity index (χ2n) is 3.91. The van der Waals surface area contributed by atoms with Gasteiger partial charge in [0.15, 0.2) is 0 Å². The Labute approximate surface area is 104 Å². The zero-order valence-corrected chi connectivity index (χ0v) is 10.6. The summed E-state index contributed by atoms with van der Waals surface area (Å²) >= 11 is 0. The molecular weight excluding hydrogens is 264 g/mol. The average molecular weight is 277 g/mol. The molecule has 1 N–H and O–H groups in total. The molecule has 0 heterocycles. The highest BCUT2D eigenvalue weighted by molar-refractivity contribution is 7.90. The molecule has 1 aromatic rings. The third-order valence-corrected chi connectivity index (χ3v) is 3.15. The summed E-state index contributed by atoms with van der Waals surface area (Å²) in [6.45, 7) is 0. The van der Waals surface area contributed by atoms with E-state index in [0.717, 1.165) is 24.5 Å². The first kappa shape index (κ1) is 14.6. The molecule has 0 bridgehead atoms. The van der Waals surface area contributed by atoms with Gasteiger partial charge in [-0.3, -0.25) is 4.79 Å². The van der Waals surface area contributed by atoms with Gasteiger partial charge in [0.1, 0.15) is 21.5 Å². The van der Waals surface area contributed by atoms with Crippen LogP contribution in [0.25, 0.3) is 0 Å². The van der Waals surface area contributed by atoms with Crippen LogP contribution >= 0.6 is 0 Å². The molecule has 0 atom stereocenters. The van der Waals surface area contributed by atoms with E-state index in [-0.39, 0.29) is 24.3 Å². The maximum absolute atomic E-state index is 13.2. The fourth-order valence-corrected chi connectivity index (χ4v) is 1.97. The molecular formula is C11H13F2NO3S. The number of nitrogens with one attached hydrogen (secondary N) is 1. The molecule has 0 aliphatic rings. The lowest BCUT2D eigenvalue weighted by molar-refractivity contribution is -0.116. The van der Waals surface area contributed by atoms with Gasteiger partial charge < -0.3 is 5.32 Å². The van der Waals surface area contributed by atoms with Gasteiger partial charge in [-0.2, -0.15) is 0 Å². The minimum atomic E-state index is -3.12. The lowest BCUT2D eigenvalue weighted by Gasteiger charge is -2.06. The minimum Gasteiger partial charge on any atom is -0.324 e. The average Bonchev–Trinajstić information content (AvgIpc) is 2.21. The zero-order valence-electron chi connectivity index (χ0n) is 9.74. The highest BCUT2D eigenvalue weighted by Gasteiger charge is 2.09. The quantitative estimate of drug-likeness (QED) is 0.891. The summed E-state index contributed by atoms with van der Waals surface area (Å²) in [5.74, 6) is -2.08. The van der Waals surface area contributed by atoms with Gasteiger partial charge in [0, 0.05) is 18.7 Å². The van der Waals surface area contributed by atoms with Crippen molar-refractivity contribution in [1.29, 1.82) is 0 Å². The molecule has 0 spiro atoms. The Balaban J connectivity index is 2.52. The number of carbonyl (C=O) groups is 1. The fourth-order valence-electron chi connectivity index (χ4n) is 1.30. The highest BCUT2D eigenvalue weighted by atomic mass is 32.2. The molecule has 0 aliphatic heterocycles. The third-order valence-electron chi connectivity index (χ3n) is 2.12. The Morgan fingerprint density at radius 1 is 1.33 bits per heavy atom. The van der Waals surface area contributed by atoms with E-state index in [9.17, 15) is 22.0 Å². The van der Waals surface area contributed by atoms with Crippen LogP contribution < -0.4 is 5.32 Å². The van der Waals surface area contributed by atoms with E-state index in [1.807, 2.05) is 0 Å². The van der Waals surface area contributed by atoms with Gasteiger partial charge in [0.25, 0.3) is 0 Å². The van der Waals surface area contributed by atoms with Crippen LogP contribution in [0.5, 0.6) is 0 Å². The molecule has 7 heteroatoms. The Kier molecular flexibility index (Phi) is 4.77. The molecule has 0 saturated carbocycles. The first-order valence-electron chi connectivity index (χ1n) is 5.20. The third kappa shape index (κ3) is 5.22. The molecule has 0 radical (unpaired) electrons. The normalized spacial score (nSPS) is 11.3. The molecule has 1 amide bonds. The van der Waals surface area contributed by atoms with Crippen LogP contribution in [0.1, 0.15) is 12.8 Å². The summed E-state index contributed by atoms with van der Waals surface area (Å²) in [5.41, 5.74) is -0.251. The van der Waals surface area contributed by atoms with Crippen molar-refractivity contribution in [3.63, 3.8) is 0 Å². The number of sulfone groups is 1. The number of rotatable bonds is 5. The van der Waals surface area contributed by atoms with E-state index < -0.39 is 27.4 Å². The predicted octanol–water partition coefficient (Wildman–Crippen LogP) is 1.73. The van der Waals surface area contributed by atoms with Gasteiger partial charge in [-0.25, -0.2) is 17.2 Å². The molecule has 0 unspecified atom stereocenters. The standard InChI is InChI=1S/C11H13F2NO3S/c1-18(16,17)6-2-3-11(15)14-10-7-8(12)4-5-9(10)13/h4-5,7H,2-3,6H2,1H3,(H,14,15). The highest BCUT2D eigenvalue weighted by Crippen LogP contribution is 2.15. The van der Waals surface area contributed by atoms with Gasteiger partial charge >= 0.3 is 0 Å². The lowest BCUT2D eigenvalue weighted by Crippen LogP contribution is -2.14. The Bertz CT molecular complexity index is 543. The molecule has 100 valence electrons. The monoisotopic (exact) mass is 277 g/mol. The van der Waals surface area contributed by atoms with E-state index in [1.165, 1.54) is 0 Å². The second-order valence-corrected chi connectivity index (χ2v) is 6.17. The lowest BCUT2D eigenvalue weighted by atomic mass is 10.2. The van der Waals surface area contributed by atoms with Crippen molar-refractivity contribution < 1.29 is 22.0 Å². The van der Waals surface area contributed by atoms with Crippen molar-refractivity contribution in [3.8, 4) is 0 Å². The van der Waals surface area contributed by atoms with Gasteiger partial charge in [-0.05, 0) is 18.6 Å². The summed E-state index contributed by atoms with van der Waals surface area (Å²) in [6.07, 6.45) is 1.14. The molecule has 18 heavy (non-hydrogen) atoms.